The Balaban J connectivity index is 2.04. The molecular weight excluding hydrogens is 602 g/mol. The Bertz CT molecular complexity index is 1250. The molecule has 12 heteroatoms. The van der Waals surface area contributed by atoms with Gasteiger partial charge in [0.1, 0.15) is 11.3 Å². The molecule has 0 spiro atoms. The predicted molar refractivity (Wildman–Crippen MR) is 139 cm³/mol. The highest BCUT2D eigenvalue weighted by Crippen LogP contribution is 2.36. The van der Waals surface area contributed by atoms with Crippen LogP contribution in [0.5, 0.6) is 17.2 Å². The summed E-state index contributed by atoms with van der Waals surface area (Å²) in [5.41, 5.74) is 5.34. The summed E-state index contributed by atoms with van der Waals surface area (Å²) < 4.78 is 17.8. The van der Waals surface area contributed by atoms with Crippen molar-refractivity contribution in [2.75, 3.05) is 24.7 Å². The molecule has 0 bridgehead atoms. The highest BCUT2D eigenvalue weighted by Gasteiger charge is 2.37. The first-order chi connectivity index (χ1) is 17.2. The van der Waals surface area contributed by atoms with Crippen molar-refractivity contribution in [1.82, 2.24) is 5.32 Å². The summed E-state index contributed by atoms with van der Waals surface area (Å²) in [5.74, 6) is -1.44. The molecule has 1 saturated heterocycles. The third kappa shape index (κ3) is 6.24. The number of anilines is 1. The molecule has 1 aliphatic heterocycles. The van der Waals surface area contributed by atoms with E-state index in [9.17, 15) is 19.2 Å². The summed E-state index contributed by atoms with van der Waals surface area (Å²) in [4.78, 5) is 50.8. The molecule has 10 nitrogen and oxygen atoms in total. The van der Waals surface area contributed by atoms with E-state index >= 15 is 0 Å². The lowest BCUT2D eigenvalue weighted by Gasteiger charge is -2.27. The molecule has 5 amide bonds. The van der Waals surface area contributed by atoms with Crippen molar-refractivity contribution in [2.24, 2.45) is 5.73 Å². The van der Waals surface area contributed by atoms with Crippen molar-refractivity contribution in [2.45, 2.75) is 20.3 Å². The van der Waals surface area contributed by atoms with Gasteiger partial charge in [-0.15, -0.1) is 0 Å². The molecule has 0 saturated carbocycles. The SMILES string of the molecule is CCCOc1ccc(N2C(=O)NC(=O)/C(=C\c3cc(Br)cc(Br)c3OCC(N)=O)C2=O)cc1OCC. The number of nitrogens with two attached hydrogens (primary N) is 1. The van der Waals surface area contributed by atoms with Crippen molar-refractivity contribution in [1.29, 1.82) is 0 Å². The van der Waals surface area contributed by atoms with E-state index in [-0.39, 0.29) is 17.0 Å². The van der Waals surface area contributed by atoms with Crippen LogP contribution in [0.15, 0.2) is 44.9 Å². The quantitative estimate of drug-likeness (QED) is 0.302. The van der Waals surface area contributed by atoms with E-state index in [4.69, 9.17) is 19.9 Å². The maximum atomic E-state index is 13.4. The van der Waals surface area contributed by atoms with E-state index in [1.165, 1.54) is 18.2 Å². The van der Waals surface area contributed by atoms with Gasteiger partial charge in [0.2, 0.25) is 0 Å². The largest absolute Gasteiger partial charge is 0.490 e. The Morgan fingerprint density at radius 1 is 1.06 bits per heavy atom. The molecular formula is C24H23Br2N3O7. The van der Waals surface area contributed by atoms with Crippen LogP contribution in [0.1, 0.15) is 25.8 Å². The summed E-state index contributed by atoms with van der Waals surface area (Å²) in [5, 5.41) is 2.18. The number of amides is 5. The molecule has 1 aliphatic rings. The van der Waals surface area contributed by atoms with E-state index in [0.717, 1.165) is 11.3 Å². The minimum atomic E-state index is -0.910. The van der Waals surface area contributed by atoms with Gasteiger partial charge in [-0.05, 0) is 59.6 Å². The number of hydrogen-bond acceptors (Lipinski definition) is 7. The second-order valence-electron chi connectivity index (χ2n) is 7.43. The van der Waals surface area contributed by atoms with Gasteiger partial charge in [0.05, 0.1) is 23.4 Å². The summed E-state index contributed by atoms with van der Waals surface area (Å²) in [6, 6.07) is 6.95. The minimum absolute atomic E-state index is 0.184. The van der Waals surface area contributed by atoms with Gasteiger partial charge in [0.25, 0.3) is 17.7 Å². The fraction of sp³-hybridized carbons (Fsp3) is 0.250. The van der Waals surface area contributed by atoms with Gasteiger partial charge in [-0.2, -0.15) is 0 Å². The van der Waals surface area contributed by atoms with E-state index in [1.807, 2.05) is 6.92 Å². The van der Waals surface area contributed by atoms with Crippen LogP contribution in [0.3, 0.4) is 0 Å². The maximum absolute atomic E-state index is 13.4. The van der Waals surface area contributed by atoms with E-state index in [0.29, 0.717) is 39.2 Å². The summed E-state index contributed by atoms with van der Waals surface area (Å²) in [6.07, 6.45) is 2.05. The predicted octanol–water partition coefficient (Wildman–Crippen LogP) is 3.93. The second-order valence-corrected chi connectivity index (χ2v) is 9.20. The van der Waals surface area contributed by atoms with Crippen LogP contribution in [0.2, 0.25) is 0 Å². The number of imide groups is 2. The molecule has 1 heterocycles. The first-order valence-corrected chi connectivity index (χ1v) is 12.5. The normalized spacial score (nSPS) is 14.6. The molecule has 3 N–H and O–H groups in total. The fourth-order valence-corrected chi connectivity index (χ4v) is 4.64. The standard InChI is InChI=1S/C24H23Br2N3O7/c1-3-7-35-18-6-5-15(11-19(18)34-4-2)29-23(32)16(22(31)28-24(29)33)9-13-8-14(25)10-17(26)21(13)36-12-20(27)30/h5-6,8-11H,3-4,7,12H2,1-2H3,(H2,27,30)(H,28,31,33)/b16-9+. The Kier molecular flexibility index (Phi) is 9.10. The van der Waals surface area contributed by atoms with Gasteiger partial charge in [-0.1, -0.05) is 22.9 Å². The van der Waals surface area contributed by atoms with Crippen LogP contribution in [-0.2, 0) is 14.4 Å². The zero-order valence-electron chi connectivity index (χ0n) is 19.4. The highest BCUT2D eigenvalue weighted by molar-refractivity contribution is 9.11. The number of carbonyl (C=O) groups is 4. The topological polar surface area (TPSA) is 137 Å². The smallest absolute Gasteiger partial charge is 0.335 e. The van der Waals surface area contributed by atoms with Gasteiger partial charge in [-0.3, -0.25) is 19.7 Å². The van der Waals surface area contributed by atoms with Crippen LogP contribution in [0.4, 0.5) is 10.5 Å². The van der Waals surface area contributed by atoms with Crippen LogP contribution in [0.25, 0.3) is 6.08 Å². The first-order valence-electron chi connectivity index (χ1n) is 10.9. The van der Waals surface area contributed by atoms with E-state index < -0.39 is 30.4 Å². The molecule has 0 aliphatic carbocycles. The number of rotatable bonds is 10. The zero-order valence-corrected chi connectivity index (χ0v) is 22.6. The third-order valence-corrected chi connectivity index (χ3v) is 5.79. The molecule has 190 valence electrons. The number of ether oxygens (including phenoxy) is 3. The Hall–Kier alpha value is -3.38. The van der Waals surface area contributed by atoms with Crippen LogP contribution >= 0.6 is 31.9 Å². The van der Waals surface area contributed by atoms with Gasteiger partial charge in [-0.25, -0.2) is 9.69 Å². The van der Waals surface area contributed by atoms with Crippen molar-refractivity contribution in [3.05, 3.63) is 50.4 Å². The van der Waals surface area contributed by atoms with E-state index in [2.05, 4.69) is 37.2 Å². The number of nitrogens with zero attached hydrogens (tertiary/aromatic N) is 1. The van der Waals surface area contributed by atoms with Crippen LogP contribution < -0.4 is 30.2 Å². The van der Waals surface area contributed by atoms with Crippen molar-refractivity contribution in [3.63, 3.8) is 0 Å². The fourth-order valence-electron chi connectivity index (χ4n) is 3.27. The van der Waals surface area contributed by atoms with Crippen molar-refractivity contribution < 1.29 is 33.4 Å². The number of urea groups is 1. The van der Waals surface area contributed by atoms with Crippen LogP contribution in [-0.4, -0.2) is 43.6 Å². The lowest BCUT2D eigenvalue weighted by Crippen LogP contribution is -2.54. The number of barbiturate groups is 1. The molecule has 0 unspecified atom stereocenters. The molecule has 0 radical (unpaired) electrons. The molecule has 0 atom stereocenters. The van der Waals surface area contributed by atoms with Gasteiger partial charge < -0.3 is 19.9 Å². The number of benzene rings is 2. The highest BCUT2D eigenvalue weighted by atomic mass is 79.9. The second kappa shape index (κ2) is 12.0. The van der Waals surface area contributed by atoms with Crippen molar-refractivity contribution >= 4 is 67.4 Å². The number of nitrogens with one attached hydrogen (secondary N) is 1. The molecule has 2 aromatic rings. The average molecular weight is 625 g/mol. The monoisotopic (exact) mass is 623 g/mol. The number of primary amides is 1. The Morgan fingerprint density at radius 2 is 1.81 bits per heavy atom. The van der Waals surface area contributed by atoms with Gasteiger partial charge >= 0.3 is 6.03 Å². The van der Waals surface area contributed by atoms with Gasteiger partial charge in [0.15, 0.2) is 18.1 Å². The first kappa shape index (κ1) is 27.2. The number of carbonyl (C=O) groups excluding carboxylic acids is 4. The molecule has 2 aromatic carbocycles. The summed E-state index contributed by atoms with van der Waals surface area (Å²) in [6.45, 7) is 4.13. The van der Waals surface area contributed by atoms with E-state index in [1.54, 1.807) is 25.1 Å². The van der Waals surface area contributed by atoms with Crippen molar-refractivity contribution in [3.8, 4) is 17.2 Å². The minimum Gasteiger partial charge on any atom is -0.490 e. The Labute approximate surface area is 224 Å². The molecule has 1 fully saturated rings. The maximum Gasteiger partial charge on any atom is 0.335 e. The van der Waals surface area contributed by atoms with Crippen LogP contribution in [0, 0.1) is 0 Å². The lowest BCUT2D eigenvalue weighted by atomic mass is 10.1. The summed E-state index contributed by atoms with van der Waals surface area (Å²) in [7, 11) is 0. The summed E-state index contributed by atoms with van der Waals surface area (Å²) >= 11 is 6.68. The zero-order chi connectivity index (χ0) is 26.4. The third-order valence-electron chi connectivity index (χ3n) is 4.74. The number of hydrogen-bond donors (Lipinski definition) is 2. The lowest BCUT2D eigenvalue weighted by molar-refractivity contribution is -0.123. The molecule has 3 rings (SSSR count). The number of halogens is 2. The molecule has 0 aromatic heterocycles. The average Bonchev–Trinajstić information content (AvgIpc) is 2.80. The van der Waals surface area contributed by atoms with Gasteiger partial charge in [0, 0.05) is 16.1 Å². The Morgan fingerprint density at radius 3 is 2.47 bits per heavy atom. The molecule has 36 heavy (non-hydrogen) atoms.